The third-order valence-corrected chi connectivity index (χ3v) is 8.87. The summed E-state index contributed by atoms with van der Waals surface area (Å²) in [5.41, 5.74) is 9.05. The van der Waals surface area contributed by atoms with Crippen molar-refractivity contribution in [2.75, 3.05) is 0 Å². The predicted octanol–water partition coefficient (Wildman–Crippen LogP) is 11.9. The van der Waals surface area contributed by atoms with Gasteiger partial charge in [-0.3, -0.25) is 0 Å². The largest absolute Gasteiger partial charge is 0.0616 e. The van der Waals surface area contributed by atoms with Gasteiger partial charge in [0, 0.05) is 0 Å². The Morgan fingerprint density at radius 1 is 0.333 bits per heavy atom. The summed E-state index contributed by atoms with van der Waals surface area (Å²) < 4.78 is 0. The first-order chi connectivity index (χ1) is 20.8. The van der Waals surface area contributed by atoms with Crippen LogP contribution >= 0.6 is 0 Å². The molecule has 0 unspecified atom stereocenters. The molecule has 0 heteroatoms. The highest BCUT2D eigenvalue weighted by Gasteiger charge is 2.18. The van der Waals surface area contributed by atoms with Gasteiger partial charge in [0.2, 0.25) is 0 Å². The summed E-state index contributed by atoms with van der Waals surface area (Å²) in [6.07, 6.45) is 1.02. The van der Waals surface area contributed by atoms with Crippen LogP contribution in [-0.4, -0.2) is 0 Å². The molecule has 0 atom stereocenters. The summed E-state index contributed by atoms with van der Waals surface area (Å²) in [5.74, 6) is 0. The highest BCUT2D eigenvalue weighted by molar-refractivity contribution is 6.23. The Bertz CT molecular complexity index is 2210. The van der Waals surface area contributed by atoms with Crippen LogP contribution in [0, 0.1) is 0 Å². The monoisotopic (exact) mass is 534 g/mol. The maximum absolute atomic E-state index is 2.34. The van der Waals surface area contributed by atoms with Crippen LogP contribution in [0.15, 0.2) is 152 Å². The van der Waals surface area contributed by atoms with Gasteiger partial charge in [0.05, 0.1) is 0 Å². The predicted molar refractivity (Wildman–Crippen MR) is 182 cm³/mol. The molecule has 0 saturated heterocycles. The highest BCUT2D eigenvalue weighted by Crippen LogP contribution is 2.45. The second kappa shape index (κ2) is 10.0. The minimum Gasteiger partial charge on any atom is -0.0616 e. The molecule has 8 rings (SSSR count). The van der Waals surface area contributed by atoms with E-state index in [2.05, 4.69) is 159 Å². The van der Waals surface area contributed by atoms with Crippen LogP contribution in [0.1, 0.15) is 12.5 Å². The van der Waals surface area contributed by atoms with Gasteiger partial charge in [-0.25, -0.2) is 0 Å². The molecular formula is C42H30. The Labute approximate surface area is 246 Å². The highest BCUT2D eigenvalue weighted by atomic mass is 14.2. The summed E-state index contributed by atoms with van der Waals surface area (Å²) in [4.78, 5) is 0. The van der Waals surface area contributed by atoms with E-state index in [0.717, 1.165) is 6.42 Å². The summed E-state index contributed by atoms with van der Waals surface area (Å²) in [6, 6.07) is 55.8. The zero-order chi connectivity index (χ0) is 28.0. The first kappa shape index (κ1) is 24.6. The zero-order valence-electron chi connectivity index (χ0n) is 23.6. The van der Waals surface area contributed by atoms with Crippen molar-refractivity contribution in [3.63, 3.8) is 0 Å². The first-order valence-electron chi connectivity index (χ1n) is 14.8. The molecule has 0 saturated carbocycles. The second-order valence-electron chi connectivity index (χ2n) is 11.1. The molecule has 0 bridgehead atoms. The number of hydrogen-bond donors (Lipinski definition) is 0. The third-order valence-electron chi connectivity index (χ3n) is 8.87. The van der Waals surface area contributed by atoms with Gasteiger partial charge in [-0.15, -0.1) is 0 Å². The van der Waals surface area contributed by atoms with Gasteiger partial charge in [-0.05, 0) is 88.5 Å². The van der Waals surface area contributed by atoms with Crippen LogP contribution < -0.4 is 0 Å². The van der Waals surface area contributed by atoms with E-state index in [1.54, 1.807) is 0 Å². The first-order valence-corrected chi connectivity index (χ1v) is 14.8. The lowest BCUT2D eigenvalue weighted by molar-refractivity contribution is 1.16. The summed E-state index contributed by atoms with van der Waals surface area (Å²) in [7, 11) is 0. The van der Waals surface area contributed by atoms with E-state index in [-0.39, 0.29) is 0 Å². The smallest absolute Gasteiger partial charge is 0.00201 e. The molecular weight excluding hydrogens is 504 g/mol. The summed E-state index contributed by atoms with van der Waals surface area (Å²) >= 11 is 0. The number of hydrogen-bond acceptors (Lipinski definition) is 0. The van der Waals surface area contributed by atoms with Crippen molar-refractivity contribution in [1.82, 2.24) is 0 Å². The van der Waals surface area contributed by atoms with E-state index in [0.29, 0.717) is 0 Å². The Hall–Kier alpha value is -5.20. The van der Waals surface area contributed by atoms with E-state index in [1.165, 1.54) is 82.0 Å². The molecule has 8 aromatic rings. The quantitative estimate of drug-likeness (QED) is 0.197. The van der Waals surface area contributed by atoms with Gasteiger partial charge in [0.25, 0.3) is 0 Å². The lowest BCUT2D eigenvalue weighted by atomic mass is 9.84. The van der Waals surface area contributed by atoms with Gasteiger partial charge in [-0.2, -0.15) is 0 Å². The van der Waals surface area contributed by atoms with Crippen molar-refractivity contribution in [2.45, 2.75) is 13.3 Å². The molecule has 0 N–H and O–H groups in total. The molecule has 0 radical (unpaired) electrons. The SMILES string of the molecule is CCc1ccc(-c2c3ccccc3c(-c3ccc(-c4cccc5ccccc45)cc3)c3ccccc23)c2ccccc12. The van der Waals surface area contributed by atoms with Crippen molar-refractivity contribution in [3.8, 4) is 33.4 Å². The van der Waals surface area contributed by atoms with Crippen molar-refractivity contribution >= 4 is 43.1 Å². The fourth-order valence-corrected chi connectivity index (χ4v) is 6.91. The minimum absolute atomic E-state index is 1.02. The molecule has 42 heavy (non-hydrogen) atoms. The van der Waals surface area contributed by atoms with E-state index in [1.807, 2.05) is 0 Å². The molecule has 8 aromatic carbocycles. The van der Waals surface area contributed by atoms with Gasteiger partial charge >= 0.3 is 0 Å². The summed E-state index contributed by atoms with van der Waals surface area (Å²) in [6.45, 7) is 2.24. The lowest BCUT2D eigenvalue weighted by Crippen LogP contribution is -1.93. The zero-order valence-corrected chi connectivity index (χ0v) is 23.6. The van der Waals surface area contributed by atoms with Crippen LogP contribution in [-0.2, 0) is 6.42 Å². The minimum atomic E-state index is 1.02. The van der Waals surface area contributed by atoms with Gasteiger partial charge in [0.1, 0.15) is 0 Å². The number of fused-ring (bicyclic) bond motifs is 4. The van der Waals surface area contributed by atoms with Gasteiger partial charge in [-0.1, -0.05) is 159 Å². The van der Waals surface area contributed by atoms with Crippen LogP contribution in [0.2, 0.25) is 0 Å². The molecule has 0 aliphatic carbocycles. The Kier molecular flexibility index (Phi) is 5.86. The Morgan fingerprint density at radius 2 is 0.833 bits per heavy atom. The molecule has 0 aromatic heterocycles. The number of benzene rings is 8. The van der Waals surface area contributed by atoms with Crippen LogP contribution in [0.4, 0.5) is 0 Å². The normalized spacial score (nSPS) is 11.5. The molecule has 0 nitrogen and oxygen atoms in total. The Balaban J connectivity index is 1.38. The van der Waals surface area contributed by atoms with Crippen LogP contribution in [0.3, 0.4) is 0 Å². The Morgan fingerprint density at radius 3 is 1.48 bits per heavy atom. The molecule has 0 fully saturated rings. The summed E-state index contributed by atoms with van der Waals surface area (Å²) in [5, 5.41) is 10.4. The molecule has 198 valence electrons. The molecule has 0 amide bonds. The topological polar surface area (TPSA) is 0 Å². The average molecular weight is 535 g/mol. The standard InChI is InChI=1S/C42H30/c1-2-28-26-27-40(35-16-6-5-14-32(28)35)42-38-19-9-7-17-36(38)41(37-18-8-10-20-39(37)42)31-24-22-30(23-25-31)34-21-11-13-29-12-3-4-15-33(29)34/h3-27H,2H2,1H3. The molecule has 0 aliphatic heterocycles. The van der Waals surface area contributed by atoms with Crippen LogP contribution in [0.25, 0.3) is 76.5 Å². The maximum Gasteiger partial charge on any atom is -0.00201 e. The van der Waals surface area contributed by atoms with E-state index < -0.39 is 0 Å². The number of rotatable bonds is 4. The van der Waals surface area contributed by atoms with Crippen molar-refractivity contribution in [2.24, 2.45) is 0 Å². The fourth-order valence-electron chi connectivity index (χ4n) is 6.91. The van der Waals surface area contributed by atoms with Crippen molar-refractivity contribution in [3.05, 3.63) is 157 Å². The second-order valence-corrected chi connectivity index (χ2v) is 11.1. The molecule has 0 heterocycles. The van der Waals surface area contributed by atoms with E-state index in [4.69, 9.17) is 0 Å². The van der Waals surface area contributed by atoms with Crippen molar-refractivity contribution in [1.29, 1.82) is 0 Å². The fraction of sp³-hybridized carbons (Fsp3) is 0.0476. The van der Waals surface area contributed by atoms with Crippen molar-refractivity contribution < 1.29 is 0 Å². The lowest BCUT2D eigenvalue weighted by Gasteiger charge is -2.19. The van der Waals surface area contributed by atoms with E-state index in [9.17, 15) is 0 Å². The molecule has 0 aliphatic rings. The van der Waals surface area contributed by atoms with Crippen LogP contribution in [0.5, 0.6) is 0 Å². The maximum atomic E-state index is 2.34. The van der Waals surface area contributed by atoms with E-state index >= 15 is 0 Å². The average Bonchev–Trinajstić information content (AvgIpc) is 3.07. The number of aryl methyl sites for hydroxylation is 1. The molecule has 0 spiro atoms. The third kappa shape index (κ3) is 3.84. The van der Waals surface area contributed by atoms with Gasteiger partial charge in [0.15, 0.2) is 0 Å². The van der Waals surface area contributed by atoms with Gasteiger partial charge < -0.3 is 0 Å².